The molecule has 0 aliphatic heterocycles. The molecule has 3 N–H and O–H groups in total. The third kappa shape index (κ3) is 3.34. The number of thiocarbonyl (C=S) groups is 1. The van der Waals surface area contributed by atoms with Gasteiger partial charge < -0.3 is 11.1 Å². The van der Waals surface area contributed by atoms with Crippen LogP contribution < -0.4 is 11.1 Å². The first-order valence-corrected chi connectivity index (χ1v) is 5.14. The summed E-state index contributed by atoms with van der Waals surface area (Å²) in [6, 6.07) is 7.86. The summed E-state index contributed by atoms with van der Waals surface area (Å²) in [6.45, 7) is 5.33. The van der Waals surface area contributed by atoms with E-state index in [1.807, 2.05) is 24.3 Å². The number of hydrogen-bond acceptors (Lipinski definition) is 2. The van der Waals surface area contributed by atoms with Crippen molar-refractivity contribution in [3.63, 3.8) is 0 Å². The van der Waals surface area contributed by atoms with Crippen molar-refractivity contribution in [1.29, 1.82) is 0 Å². The van der Waals surface area contributed by atoms with Crippen LogP contribution in [0.5, 0.6) is 0 Å². The number of rotatable bonds is 4. The van der Waals surface area contributed by atoms with Crippen LogP contribution in [0.3, 0.4) is 0 Å². The molecule has 0 radical (unpaired) electrons. The van der Waals surface area contributed by atoms with E-state index >= 15 is 0 Å². The van der Waals surface area contributed by atoms with E-state index in [0.717, 1.165) is 17.8 Å². The van der Waals surface area contributed by atoms with Gasteiger partial charge in [-0.05, 0) is 30.2 Å². The van der Waals surface area contributed by atoms with Crippen molar-refractivity contribution in [2.24, 2.45) is 11.7 Å². The summed E-state index contributed by atoms with van der Waals surface area (Å²) in [5.41, 5.74) is 7.52. The van der Waals surface area contributed by atoms with Gasteiger partial charge in [0.05, 0.1) is 0 Å². The topological polar surface area (TPSA) is 38.0 Å². The Morgan fingerprint density at radius 1 is 1.36 bits per heavy atom. The van der Waals surface area contributed by atoms with E-state index in [2.05, 4.69) is 19.2 Å². The van der Waals surface area contributed by atoms with E-state index in [0.29, 0.717) is 10.9 Å². The van der Waals surface area contributed by atoms with E-state index in [1.54, 1.807) is 0 Å². The Labute approximate surface area is 90.5 Å². The molecule has 0 aromatic heterocycles. The van der Waals surface area contributed by atoms with Crippen molar-refractivity contribution in [3.05, 3.63) is 29.8 Å². The molecule has 0 fully saturated rings. The monoisotopic (exact) mass is 208 g/mol. The van der Waals surface area contributed by atoms with Gasteiger partial charge in [0, 0.05) is 17.8 Å². The Kier molecular flexibility index (Phi) is 3.89. The molecule has 0 heterocycles. The van der Waals surface area contributed by atoms with E-state index in [1.165, 1.54) is 0 Å². The minimum Gasteiger partial charge on any atom is -0.389 e. The van der Waals surface area contributed by atoms with Crippen molar-refractivity contribution < 1.29 is 0 Å². The lowest BCUT2D eigenvalue weighted by Crippen LogP contribution is -2.10. The SMILES string of the molecule is CC(C)CNc1ccc(C(N)=S)cc1. The molecule has 3 heteroatoms. The zero-order chi connectivity index (χ0) is 10.6. The molecular weight excluding hydrogens is 192 g/mol. The number of nitrogens with one attached hydrogen (secondary N) is 1. The molecule has 1 rings (SSSR count). The van der Waals surface area contributed by atoms with Crippen LogP contribution in [0.15, 0.2) is 24.3 Å². The number of benzene rings is 1. The van der Waals surface area contributed by atoms with Gasteiger partial charge in [-0.2, -0.15) is 0 Å². The minimum atomic E-state index is 0.445. The predicted molar refractivity (Wildman–Crippen MR) is 65.7 cm³/mol. The summed E-state index contributed by atoms with van der Waals surface area (Å²) in [7, 11) is 0. The van der Waals surface area contributed by atoms with Crippen molar-refractivity contribution >= 4 is 22.9 Å². The number of nitrogens with two attached hydrogens (primary N) is 1. The first-order valence-electron chi connectivity index (χ1n) is 4.73. The van der Waals surface area contributed by atoms with Gasteiger partial charge in [0.1, 0.15) is 4.99 Å². The standard InChI is InChI=1S/C11H16N2S/c1-8(2)7-13-10-5-3-9(4-6-10)11(12)14/h3-6,8,13H,7H2,1-2H3,(H2,12,14). The molecule has 0 aliphatic rings. The average Bonchev–Trinajstić information content (AvgIpc) is 2.15. The van der Waals surface area contributed by atoms with Gasteiger partial charge in [0.2, 0.25) is 0 Å². The Balaban J connectivity index is 2.60. The predicted octanol–water partition coefficient (Wildman–Crippen LogP) is 2.39. The van der Waals surface area contributed by atoms with Crippen molar-refractivity contribution in [2.75, 3.05) is 11.9 Å². The molecule has 14 heavy (non-hydrogen) atoms. The largest absolute Gasteiger partial charge is 0.389 e. The Morgan fingerprint density at radius 3 is 2.36 bits per heavy atom. The highest BCUT2D eigenvalue weighted by Gasteiger charge is 1.97. The smallest absolute Gasteiger partial charge is 0.103 e. The van der Waals surface area contributed by atoms with Crippen molar-refractivity contribution in [1.82, 2.24) is 0 Å². The molecule has 0 saturated heterocycles. The summed E-state index contributed by atoms with van der Waals surface area (Å²) in [5, 5.41) is 3.33. The fourth-order valence-electron chi connectivity index (χ4n) is 1.07. The second kappa shape index (κ2) is 4.96. The molecule has 2 nitrogen and oxygen atoms in total. The second-order valence-corrected chi connectivity index (χ2v) is 4.16. The molecule has 76 valence electrons. The van der Waals surface area contributed by atoms with Crippen LogP contribution in [0.1, 0.15) is 19.4 Å². The maximum atomic E-state index is 5.50. The van der Waals surface area contributed by atoms with Gasteiger partial charge in [0.15, 0.2) is 0 Å². The first-order chi connectivity index (χ1) is 6.59. The quantitative estimate of drug-likeness (QED) is 0.746. The van der Waals surface area contributed by atoms with Crippen molar-refractivity contribution in [2.45, 2.75) is 13.8 Å². The van der Waals surface area contributed by atoms with Crippen LogP contribution in [0.4, 0.5) is 5.69 Å². The average molecular weight is 208 g/mol. The molecular formula is C11H16N2S. The van der Waals surface area contributed by atoms with Gasteiger partial charge in [-0.25, -0.2) is 0 Å². The van der Waals surface area contributed by atoms with Gasteiger partial charge in [0.25, 0.3) is 0 Å². The second-order valence-electron chi connectivity index (χ2n) is 3.72. The van der Waals surface area contributed by atoms with Crippen LogP contribution in [0.25, 0.3) is 0 Å². The van der Waals surface area contributed by atoms with Crippen LogP contribution in [0, 0.1) is 5.92 Å². The summed E-state index contributed by atoms with van der Waals surface area (Å²) in [4.78, 5) is 0.445. The summed E-state index contributed by atoms with van der Waals surface area (Å²) in [5.74, 6) is 0.644. The fraction of sp³-hybridized carbons (Fsp3) is 0.364. The molecule has 1 aromatic rings. The maximum absolute atomic E-state index is 5.50. The molecule has 0 amide bonds. The summed E-state index contributed by atoms with van der Waals surface area (Å²) in [6.07, 6.45) is 0. The zero-order valence-corrected chi connectivity index (χ0v) is 9.40. The maximum Gasteiger partial charge on any atom is 0.103 e. The third-order valence-electron chi connectivity index (χ3n) is 1.88. The van der Waals surface area contributed by atoms with Crippen LogP contribution in [-0.4, -0.2) is 11.5 Å². The molecule has 0 saturated carbocycles. The van der Waals surface area contributed by atoms with Gasteiger partial charge >= 0.3 is 0 Å². The van der Waals surface area contributed by atoms with Gasteiger partial charge in [-0.15, -0.1) is 0 Å². The highest BCUT2D eigenvalue weighted by atomic mass is 32.1. The van der Waals surface area contributed by atoms with Crippen LogP contribution in [-0.2, 0) is 0 Å². The van der Waals surface area contributed by atoms with Crippen LogP contribution >= 0.6 is 12.2 Å². The third-order valence-corrected chi connectivity index (χ3v) is 2.12. The Bertz CT molecular complexity index is 304. The normalized spacial score (nSPS) is 10.2. The van der Waals surface area contributed by atoms with E-state index in [4.69, 9.17) is 18.0 Å². The summed E-state index contributed by atoms with van der Waals surface area (Å²) < 4.78 is 0. The lowest BCUT2D eigenvalue weighted by molar-refractivity contribution is 0.689. The van der Waals surface area contributed by atoms with Crippen molar-refractivity contribution in [3.8, 4) is 0 Å². The highest BCUT2D eigenvalue weighted by Crippen LogP contribution is 2.09. The zero-order valence-electron chi connectivity index (χ0n) is 8.58. The van der Waals surface area contributed by atoms with E-state index in [-0.39, 0.29) is 0 Å². The van der Waals surface area contributed by atoms with Crippen LogP contribution in [0.2, 0.25) is 0 Å². The number of hydrogen-bond donors (Lipinski definition) is 2. The Morgan fingerprint density at radius 2 is 1.93 bits per heavy atom. The van der Waals surface area contributed by atoms with E-state index < -0.39 is 0 Å². The number of anilines is 1. The molecule has 1 aromatic carbocycles. The summed E-state index contributed by atoms with van der Waals surface area (Å²) >= 11 is 4.87. The van der Waals surface area contributed by atoms with Gasteiger partial charge in [-0.3, -0.25) is 0 Å². The molecule has 0 bridgehead atoms. The van der Waals surface area contributed by atoms with E-state index in [9.17, 15) is 0 Å². The minimum absolute atomic E-state index is 0.445. The molecule has 0 spiro atoms. The fourth-order valence-corrected chi connectivity index (χ4v) is 1.21. The molecule has 0 unspecified atom stereocenters. The lowest BCUT2D eigenvalue weighted by Gasteiger charge is -2.09. The molecule has 0 atom stereocenters. The molecule has 0 aliphatic carbocycles. The highest BCUT2D eigenvalue weighted by molar-refractivity contribution is 7.80. The van der Waals surface area contributed by atoms with Gasteiger partial charge in [-0.1, -0.05) is 26.1 Å². The first kappa shape index (κ1) is 11.0. The lowest BCUT2D eigenvalue weighted by atomic mass is 10.2. The Hall–Kier alpha value is -1.09.